The number of aryl methyl sites for hydroxylation is 1. The molecule has 1 rings (SSSR count). The van der Waals surface area contributed by atoms with Gasteiger partial charge in [0.25, 0.3) is 0 Å². The molecule has 0 radical (unpaired) electrons. The Bertz CT molecular complexity index is 344. The van der Waals surface area contributed by atoms with Gasteiger partial charge in [-0.25, -0.2) is 4.79 Å². The van der Waals surface area contributed by atoms with Crippen LogP contribution in [0.3, 0.4) is 0 Å². The summed E-state index contributed by atoms with van der Waals surface area (Å²) in [6.07, 6.45) is 3.44. The van der Waals surface area contributed by atoms with Gasteiger partial charge < -0.3 is 9.64 Å². The Morgan fingerprint density at radius 3 is 2.35 bits per heavy atom. The molecule has 0 aromatic heterocycles. The van der Waals surface area contributed by atoms with Crippen LogP contribution in [0.4, 0.5) is 0 Å². The lowest BCUT2D eigenvalue weighted by Crippen LogP contribution is -2.12. The molecule has 0 bridgehead atoms. The molecular weight excluding hydrogens is 214 g/mol. The molecule has 0 spiro atoms. The summed E-state index contributed by atoms with van der Waals surface area (Å²) in [5.74, 6) is -0.274. The van der Waals surface area contributed by atoms with Gasteiger partial charge in [-0.1, -0.05) is 12.1 Å². The Labute approximate surface area is 103 Å². The Morgan fingerprint density at radius 1 is 1.18 bits per heavy atom. The van der Waals surface area contributed by atoms with E-state index in [1.165, 1.54) is 25.5 Å². The zero-order valence-corrected chi connectivity index (χ0v) is 10.9. The van der Waals surface area contributed by atoms with Crippen LogP contribution >= 0.6 is 0 Å². The maximum Gasteiger partial charge on any atom is 0.337 e. The number of hydrogen-bond acceptors (Lipinski definition) is 3. The first-order chi connectivity index (χ1) is 8.13. The van der Waals surface area contributed by atoms with Gasteiger partial charge in [0, 0.05) is 0 Å². The van der Waals surface area contributed by atoms with Crippen molar-refractivity contribution >= 4 is 5.97 Å². The van der Waals surface area contributed by atoms with Crippen molar-refractivity contribution in [3.63, 3.8) is 0 Å². The molecule has 0 saturated carbocycles. The third-order valence-electron chi connectivity index (χ3n) is 2.70. The Hall–Kier alpha value is -1.35. The maximum atomic E-state index is 11.2. The van der Waals surface area contributed by atoms with Crippen molar-refractivity contribution in [3.05, 3.63) is 35.4 Å². The smallest absolute Gasteiger partial charge is 0.337 e. The molecule has 0 saturated heterocycles. The van der Waals surface area contributed by atoms with E-state index in [-0.39, 0.29) is 5.97 Å². The molecule has 0 aliphatic carbocycles. The molecule has 0 unspecified atom stereocenters. The Kier molecular flexibility index (Phi) is 5.70. The normalized spacial score (nSPS) is 10.6. The molecule has 0 N–H and O–H groups in total. The second kappa shape index (κ2) is 7.07. The van der Waals surface area contributed by atoms with Crippen molar-refractivity contribution in [2.24, 2.45) is 0 Å². The second-order valence-electron chi connectivity index (χ2n) is 4.45. The molecule has 1 aromatic carbocycles. The van der Waals surface area contributed by atoms with Crippen LogP contribution in [0.25, 0.3) is 0 Å². The van der Waals surface area contributed by atoms with Crippen molar-refractivity contribution < 1.29 is 9.53 Å². The molecule has 0 atom stereocenters. The molecule has 0 amide bonds. The van der Waals surface area contributed by atoms with E-state index in [0.717, 1.165) is 13.0 Å². The quantitative estimate of drug-likeness (QED) is 0.560. The van der Waals surface area contributed by atoms with Crippen LogP contribution in [-0.4, -0.2) is 38.6 Å². The van der Waals surface area contributed by atoms with Crippen LogP contribution in [-0.2, 0) is 11.2 Å². The van der Waals surface area contributed by atoms with Crippen molar-refractivity contribution in [3.8, 4) is 0 Å². The van der Waals surface area contributed by atoms with E-state index in [1.54, 1.807) is 0 Å². The molecular formula is C14H21NO2. The molecule has 0 heterocycles. The van der Waals surface area contributed by atoms with Gasteiger partial charge >= 0.3 is 5.97 Å². The van der Waals surface area contributed by atoms with Crippen molar-refractivity contribution in [2.75, 3.05) is 27.7 Å². The standard InChI is InChI=1S/C14H21NO2/c1-15(2)11-5-4-6-12-7-9-13(10-8-12)14(16)17-3/h7-10H,4-6,11H2,1-3H3. The molecule has 3 heteroatoms. The van der Waals surface area contributed by atoms with Crippen LogP contribution in [0.15, 0.2) is 24.3 Å². The molecule has 17 heavy (non-hydrogen) atoms. The fourth-order valence-corrected chi connectivity index (χ4v) is 1.68. The largest absolute Gasteiger partial charge is 0.465 e. The predicted molar refractivity (Wildman–Crippen MR) is 69.3 cm³/mol. The summed E-state index contributed by atoms with van der Waals surface area (Å²) in [4.78, 5) is 13.4. The van der Waals surface area contributed by atoms with E-state index in [0.29, 0.717) is 5.56 Å². The molecule has 0 fully saturated rings. The van der Waals surface area contributed by atoms with Crippen LogP contribution in [0.5, 0.6) is 0 Å². The topological polar surface area (TPSA) is 29.5 Å². The number of unbranched alkanes of at least 4 members (excludes halogenated alkanes) is 1. The highest BCUT2D eigenvalue weighted by Crippen LogP contribution is 2.09. The molecule has 94 valence electrons. The average Bonchev–Trinajstić information content (AvgIpc) is 2.34. The zero-order chi connectivity index (χ0) is 12.7. The van der Waals surface area contributed by atoms with E-state index < -0.39 is 0 Å². The minimum absolute atomic E-state index is 0.274. The minimum Gasteiger partial charge on any atom is -0.465 e. The lowest BCUT2D eigenvalue weighted by atomic mass is 10.1. The van der Waals surface area contributed by atoms with Gasteiger partial charge in [0.2, 0.25) is 0 Å². The van der Waals surface area contributed by atoms with Gasteiger partial charge in [0.05, 0.1) is 12.7 Å². The van der Waals surface area contributed by atoms with Crippen molar-refractivity contribution in [2.45, 2.75) is 19.3 Å². The highest BCUT2D eigenvalue weighted by molar-refractivity contribution is 5.89. The Morgan fingerprint density at radius 2 is 1.82 bits per heavy atom. The minimum atomic E-state index is -0.274. The van der Waals surface area contributed by atoms with E-state index in [2.05, 4.69) is 23.7 Å². The first kappa shape index (κ1) is 13.7. The lowest BCUT2D eigenvalue weighted by molar-refractivity contribution is 0.0600. The summed E-state index contributed by atoms with van der Waals surface area (Å²) in [5.41, 5.74) is 1.89. The van der Waals surface area contributed by atoms with Crippen molar-refractivity contribution in [1.82, 2.24) is 4.90 Å². The fourth-order valence-electron chi connectivity index (χ4n) is 1.68. The van der Waals surface area contributed by atoms with Crippen LogP contribution in [0, 0.1) is 0 Å². The number of methoxy groups -OCH3 is 1. The summed E-state index contributed by atoms with van der Waals surface area (Å²) in [6, 6.07) is 7.66. The number of hydrogen-bond donors (Lipinski definition) is 0. The molecule has 0 aliphatic rings. The van der Waals surface area contributed by atoms with Crippen LogP contribution in [0.2, 0.25) is 0 Å². The number of esters is 1. The molecule has 0 aliphatic heterocycles. The summed E-state index contributed by atoms with van der Waals surface area (Å²) >= 11 is 0. The lowest BCUT2D eigenvalue weighted by Gasteiger charge is -2.08. The summed E-state index contributed by atoms with van der Waals surface area (Å²) in [5, 5.41) is 0. The Balaban J connectivity index is 2.38. The second-order valence-corrected chi connectivity index (χ2v) is 4.45. The van der Waals surface area contributed by atoms with Crippen LogP contribution < -0.4 is 0 Å². The van der Waals surface area contributed by atoms with Gasteiger partial charge in [-0.2, -0.15) is 0 Å². The molecule has 3 nitrogen and oxygen atoms in total. The van der Waals surface area contributed by atoms with Gasteiger partial charge in [-0.3, -0.25) is 0 Å². The first-order valence-corrected chi connectivity index (χ1v) is 5.95. The van der Waals surface area contributed by atoms with Crippen LogP contribution in [0.1, 0.15) is 28.8 Å². The predicted octanol–water partition coefficient (Wildman–Crippen LogP) is 2.36. The summed E-state index contributed by atoms with van der Waals surface area (Å²) in [7, 11) is 5.58. The number of carbonyl (C=O) groups is 1. The van der Waals surface area contributed by atoms with Crippen molar-refractivity contribution in [1.29, 1.82) is 0 Å². The van der Waals surface area contributed by atoms with E-state index in [9.17, 15) is 4.79 Å². The van der Waals surface area contributed by atoms with Gasteiger partial charge in [0.1, 0.15) is 0 Å². The summed E-state index contributed by atoms with van der Waals surface area (Å²) in [6.45, 7) is 1.13. The fraction of sp³-hybridized carbons (Fsp3) is 0.500. The number of rotatable bonds is 6. The highest BCUT2D eigenvalue weighted by Gasteiger charge is 2.03. The number of carbonyl (C=O) groups excluding carboxylic acids is 1. The SMILES string of the molecule is COC(=O)c1ccc(CCCCN(C)C)cc1. The third kappa shape index (κ3) is 5.00. The average molecular weight is 235 g/mol. The van der Waals surface area contributed by atoms with E-state index in [1.807, 2.05) is 24.3 Å². The number of ether oxygens (including phenoxy) is 1. The van der Waals surface area contributed by atoms with E-state index >= 15 is 0 Å². The summed E-state index contributed by atoms with van der Waals surface area (Å²) < 4.78 is 4.66. The molecule has 1 aromatic rings. The van der Waals surface area contributed by atoms with Gasteiger partial charge in [-0.15, -0.1) is 0 Å². The third-order valence-corrected chi connectivity index (χ3v) is 2.70. The number of benzene rings is 1. The van der Waals surface area contributed by atoms with Gasteiger partial charge in [-0.05, 0) is 57.6 Å². The highest BCUT2D eigenvalue weighted by atomic mass is 16.5. The van der Waals surface area contributed by atoms with E-state index in [4.69, 9.17) is 0 Å². The maximum absolute atomic E-state index is 11.2. The number of nitrogens with zero attached hydrogens (tertiary/aromatic N) is 1. The van der Waals surface area contributed by atoms with Gasteiger partial charge in [0.15, 0.2) is 0 Å². The first-order valence-electron chi connectivity index (χ1n) is 5.95. The zero-order valence-electron chi connectivity index (χ0n) is 10.9. The monoisotopic (exact) mass is 235 g/mol.